The Morgan fingerprint density at radius 1 is 1.19 bits per heavy atom. The number of nitrogens with two attached hydrogens (primary N) is 1. The topological polar surface area (TPSA) is 126 Å². The number of nitrogens with one attached hydrogen (secondary N) is 1. The summed E-state index contributed by atoms with van der Waals surface area (Å²) in [6.07, 6.45) is 8.59. The van der Waals surface area contributed by atoms with Crippen molar-refractivity contribution in [3.8, 4) is 0 Å². The summed E-state index contributed by atoms with van der Waals surface area (Å²) in [7, 11) is 0. The number of piperazine rings is 1. The lowest BCUT2D eigenvalue weighted by Crippen LogP contribution is -2.75. The van der Waals surface area contributed by atoms with Gasteiger partial charge in [0.1, 0.15) is 11.6 Å². The Labute approximate surface area is 226 Å². The lowest BCUT2D eigenvalue weighted by Gasteiger charge is -2.52. The van der Waals surface area contributed by atoms with Crippen LogP contribution >= 0.6 is 24.8 Å². The number of carbonyl (C=O) groups excluding carboxylic acids is 2. The van der Waals surface area contributed by atoms with Crippen molar-refractivity contribution in [1.82, 2.24) is 15.1 Å². The first-order valence-electron chi connectivity index (χ1n) is 12.9. The van der Waals surface area contributed by atoms with Crippen LogP contribution in [0.5, 0.6) is 0 Å². The highest BCUT2D eigenvalue weighted by Gasteiger charge is 2.55. The number of aromatic nitrogens is 1. The number of hydrogen-bond acceptors (Lipinski definition) is 6. The number of aliphatic hydroxyl groups excluding tert-OH is 1. The Bertz CT molecular complexity index is 891. The molecule has 36 heavy (non-hydrogen) atoms. The van der Waals surface area contributed by atoms with E-state index < -0.39 is 17.7 Å². The molecule has 1 saturated carbocycles. The van der Waals surface area contributed by atoms with Gasteiger partial charge in [-0.3, -0.25) is 20.2 Å². The normalized spacial score (nSPS) is 23.5. The lowest BCUT2D eigenvalue weighted by atomic mass is 9.78. The number of unbranched alkanes of at least 4 members (excludes halogenated alkanes) is 1. The van der Waals surface area contributed by atoms with Gasteiger partial charge in [-0.15, -0.1) is 24.8 Å². The average molecular weight is 547 g/mol. The quantitative estimate of drug-likeness (QED) is 0.356. The first-order chi connectivity index (χ1) is 16.4. The number of carbonyl (C=O) groups is 2. The van der Waals surface area contributed by atoms with E-state index in [4.69, 9.17) is 5.73 Å². The van der Waals surface area contributed by atoms with Gasteiger partial charge >= 0.3 is 0 Å². The first kappa shape index (κ1) is 30.4. The van der Waals surface area contributed by atoms with Gasteiger partial charge in [0.15, 0.2) is 0 Å². The SMILES string of the molecule is CCCCN1C(=O)[C@@H]([C@H](O)C2CCCCC2)NC(=O)C12CCN(Cc1ccc(N)[n+]([O-])c1)CC2.Cl.Cl. The minimum absolute atomic E-state index is 0. The van der Waals surface area contributed by atoms with Crippen LogP contribution in [0.4, 0.5) is 5.82 Å². The third-order valence-corrected chi connectivity index (χ3v) is 8.06. The van der Waals surface area contributed by atoms with E-state index in [1.807, 2.05) is 6.07 Å². The van der Waals surface area contributed by atoms with Crippen molar-refractivity contribution in [2.75, 3.05) is 25.4 Å². The van der Waals surface area contributed by atoms with Crippen LogP contribution in [0, 0.1) is 11.1 Å². The molecule has 2 aliphatic heterocycles. The number of nitrogens with zero attached hydrogens (tertiary/aromatic N) is 3. The maximum Gasteiger partial charge on any atom is 0.275 e. The van der Waals surface area contributed by atoms with Gasteiger partial charge in [0, 0.05) is 37.8 Å². The molecule has 1 aromatic heterocycles. The number of pyridine rings is 1. The molecule has 4 N–H and O–H groups in total. The van der Waals surface area contributed by atoms with Gasteiger partial charge < -0.3 is 20.5 Å². The smallest absolute Gasteiger partial charge is 0.275 e. The largest absolute Gasteiger partial charge is 0.711 e. The molecule has 9 nitrogen and oxygen atoms in total. The molecular weight excluding hydrogens is 505 g/mol. The van der Waals surface area contributed by atoms with Gasteiger partial charge in [-0.1, -0.05) is 32.6 Å². The molecular formula is C25H41Cl2N5O4. The van der Waals surface area contributed by atoms with E-state index in [1.165, 1.54) is 12.6 Å². The number of anilines is 1. The summed E-state index contributed by atoms with van der Waals surface area (Å²) in [6, 6.07) is 2.60. The predicted molar refractivity (Wildman–Crippen MR) is 143 cm³/mol. The molecule has 1 aliphatic carbocycles. The molecule has 3 heterocycles. The van der Waals surface area contributed by atoms with Crippen LogP contribution < -0.4 is 15.8 Å². The zero-order valence-corrected chi connectivity index (χ0v) is 22.7. The highest BCUT2D eigenvalue weighted by Crippen LogP contribution is 2.36. The number of amides is 2. The number of piperidine rings is 1. The molecule has 11 heteroatoms. The highest BCUT2D eigenvalue weighted by molar-refractivity contribution is 6.00. The fraction of sp³-hybridized carbons (Fsp3) is 0.720. The van der Waals surface area contributed by atoms with Gasteiger partial charge in [-0.2, -0.15) is 0 Å². The number of aliphatic hydroxyl groups is 1. The average Bonchev–Trinajstić information content (AvgIpc) is 2.85. The van der Waals surface area contributed by atoms with Crippen LogP contribution in [-0.2, 0) is 16.1 Å². The molecule has 3 aliphatic rings. The van der Waals surface area contributed by atoms with E-state index in [-0.39, 0.29) is 48.4 Å². The molecule has 1 aromatic rings. The minimum Gasteiger partial charge on any atom is -0.711 e. The summed E-state index contributed by atoms with van der Waals surface area (Å²) >= 11 is 0. The maximum atomic E-state index is 13.7. The number of likely N-dealkylation sites (tertiary alicyclic amines) is 1. The zero-order valence-electron chi connectivity index (χ0n) is 21.1. The molecule has 3 fully saturated rings. The van der Waals surface area contributed by atoms with Crippen molar-refractivity contribution < 1.29 is 19.4 Å². The molecule has 2 amide bonds. The zero-order chi connectivity index (χ0) is 24.3. The monoisotopic (exact) mass is 545 g/mol. The Kier molecular flexibility index (Phi) is 11.1. The Morgan fingerprint density at radius 3 is 2.47 bits per heavy atom. The summed E-state index contributed by atoms with van der Waals surface area (Å²) in [5.41, 5.74) is 5.61. The summed E-state index contributed by atoms with van der Waals surface area (Å²) in [6.45, 7) is 4.48. The van der Waals surface area contributed by atoms with Crippen molar-refractivity contribution in [3.63, 3.8) is 0 Å². The van der Waals surface area contributed by atoms with Crippen LogP contribution in [0.1, 0.15) is 70.3 Å². The minimum atomic E-state index is -0.870. The molecule has 204 valence electrons. The Morgan fingerprint density at radius 2 is 1.86 bits per heavy atom. The summed E-state index contributed by atoms with van der Waals surface area (Å²) in [4.78, 5) is 31.2. The first-order valence-corrected chi connectivity index (χ1v) is 12.9. The Hall–Kier alpha value is -1.81. The van der Waals surface area contributed by atoms with E-state index in [1.54, 1.807) is 11.0 Å². The second-order valence-corrected chi connectivity index (χ2v) is 10.3. The van der Waals surface area contributed by atoms with Crippen LogP contribution in [0.25, 0.3) is 0 Å². The van der Waals surface area contributed by atoms with E-state index >= 15 is 0 Å². The van der Waals surface area contributed by atoms with Crippen LogP contribution in [-0.4, -0.2) is 64.0 Å². The van der Waals surface area contributed by atoms with E-state index in [0.717, 1.165) is 44.1 Å². The summed E-state index contributed by atoms with van der Waals surface area (Å²) < 4.78 is 0.665. The third-order valence-electron chi connectivity index (χ3n) is 8.06. The fourth-order valence-corrected chi connectivity index (χ4v) is 5.92. The molecule has 1 spiro atoms. The van der Waals surface area contributed by atoms with E-state index in [2.05, 4.69) is 17.1 Å². The van der Waals surface area contributed by atoms with Gasteiger partial charge in [-0.25, -0.2) is 4.73 Å². The fourth-order valence-electron chi connectivity index (χ4n) is 5.92. The van der Waals surface area contributed by atoms with E-state index in [9.17, 15) is 19.9 Å². The van der Waals surface area contributed by atoms with Crippen molar-refractivity contribution in [2.24, 2.45) is 5.92 Å². The second kappa shape index (κ2) is 13.1. The predicted octanol–water partition coefficient (Wildman–Crippen LogP) is 2.15. The number of rotatable bonds is 7. The summed E-state index contributed by atoms with van der Waals surface area (Å²) in [5, 5.41) is 25.8. The van der Waals surface area contributed by atoms with Crippen molar-refractivity contribution in [2.45, 2.75) is 88.9 Å². The standard InChI is InChI=1S/C25H39N5O4.2ClH/c1-2-3-13-29-23(32)21(22(31)19-7-5-4-6-8-19)27-24(33)25(29)11-14-28(15-12-25)16-18-9-10-20(26)30(34)17-18;;/h9-10,17,19,21-22,31H,2-8,11-16,26H2,1H3,(H,27,33);2*1H/t21-,22-;;/m1../s1. The van der Waals surface area contributed by atoms with Gasteiger partial charge in [0.05, 0.1) is 12.3 Å². The van der Waals surface area contributed by atoms with Gasteiger partial charge in [-0.05, 0) is 44.1 Å². The van der Waals surface area contributed by atoms with Crippen molar-refractivity contribution >= 4 is 42.4 Å². The summed E-state index contributed by atoms with van der Waals surface area (Å²) in [5.74, 6) is -0.0380. The molecule has 4 rings (SSSR count). The number of hydrogen-bond donors (Lipinski definition) is 3. The third kappa shape index (κ3) is 6.18. The van der Waals surface area contributed by atoms with Crippen LogP contribution in [0.15, 0.2) is 18.3 Å². The van der Waals surface area contributed by atoms with E-state index in [0.29, 0.717) is 43.8 Å². The maximum absolute atomic E-state index is 13.7. The molecule has 0 bridgehead atoms. The van der Waals surface area contributed by atoms with Crippen molar-refractivity contribution in [3.05, 3.63) is 29.1 Å². The Balaban J connectivity index is 0.00000228. The lowest BCUT2D eigenvalue weighted by molar-refractivity contribution is -0.590. The second-order valence-electron chi connectivity index (χ2n) is 10.3. The highest BCUT2D eigenvalue weighted by atomic mass is 35.5. The van der Waals surface area contributed by atoms with Crippen LogP contribution in [0.3, 0.4) is 0 Å². The van der Waals surface area contributed by atoms with Crippen molar-refractivity contribution in [1.29, 1.82) is 0 Å². The van der Waals surface area contributed by atoms with Gasteiger partial charge in [0.25, 0.3) is 5.82 Å². The molecule has 2 saturated heterocycles. The number of nitrogen functional groups attached to an aromatic ring is 1. The molecule has 0 unspecified atom stereocenters. The van der Waals surface area contributed by atoms with Crippen LogP contribution in [0.2, 0.25) is 0 Å². The number of halogens is 2. The molecule has 2 atom stereocenters. The van der Waals surface area contributed by atoms with Gasteiger partial charge in [0.2, 0.25) is 11.8 Å². The molecule has 0 aromatic carbocycles. The molecule has 0 radical (unpaired) electrons.